The fraction of sp³-hybridized carbons (Fsp3) is 0.0943. The van der Waals surface area contributed by atoms with E-state index in [1.165, 1.54) is 55.1 Å². The molecule has 11 rings (SSSR count). The van der Waals surface area contributed by atoms with Gasteiger partial charge in [-0.05, 0) is 71.6 Å². The second-order valence-corrected chi connectivity index (χ2v) is 15.7. The summed E-state index contributed by atoms with van der Waals surface area (Å²) >= 11 is 0. The predicted molar refractivity (Wildman–Crippen MR) is 236 cm³/mol. The van der Waals surface area contributed by atoms with Crippen molar-refractivity contribution in [3.8, 4) is 56.4 Å². The highest BCUT2D eigenvalue weighted by Gasteiger charge is 2.37. The lowest BCUT2D eigenvalue weighted by molar-refractivity contribution is 0.632. The number of aromatic nitrogens is 4. The van der Waals surface area contributed by atoms with Gasteiger partial charge in [0.05, 0.1) is 27.9 Å². The summed E-state index contributed by atoms with van der Waals surface area (Å²) in [6.07, 6.45) is 3.06. The van der Waals surface area contributed by atoms with Crippen LogP contribution in [0, 0.1) is 0 Å². The Morgan fingerprint density at radius 1 is 0.526 bits per heavy atom. The zero-order valence-electron chi connectivity index (χ0n) is 32.2. The maximum atomic E-state index is 5.30. The third-order valence-electron chi connectivity index (χ3n) is 12.1. The highest BCUT2D eigenvalue weighted by atomic mass is 15.0. The van der Waals surface area contributed by atoms with Gasteiger partial charge < -0.3 is 9.13 Å². The summed E-state index contributed by atoms with van der Waals surface area (Å²) in [5.74, 6) is 0.733. The van der Waals surface area contributed by atoms with Crippen LogP contribution < -0.4 is 0 Å². The Hall–Kier alpha value is -7.04. The Labute approximate surface area is 332 Å². The van der Waals surface area contributed by atoms with Crippen molar-refractivity contribution in [3.05, 3.63) is 193 Å². The van der Waals surface area contributed by atoms with Crippen molar-refractivity contribution in [2.45, 2.75) is 32.6 Å². The van der Waals surface area contributed by atoms with Crippen LogP contribution in [-0.2, 0) is 11.8 Å². The molecule has 4 heteroatoms. The standard InChI is InChI=1S/C53H40N4/c1-4-41-48(34-17-8-5-9-18-34)54-52(35-19-10-6-11-20-35)55-49(41)38-22-16-21-36(31-38)37-27-28-45-42(32-37)43-33-39-29-30-56-46-26-15-14-25-44(46)53(2,3)47(50(39)56)51(43)57(45)40-23-12-7-13-24-40/h5-33H,4H2,1-3H3. The highest BCUT2D eigenvalue weighted by Crippen LogP contribution is 2.50. The van der Waals surface area contributed by atoms with Gasteiger partial charge in [0.2, 0.25) is 0 Å². The molecular weight excluding hydrogens is 693 g/mol. The van der Waals surface area contributed by atoms with E-state index in [4.69, 9.17) is 9.97 Å². The van der Waals surface area contributed by atoms with Crippen LogP contribution in [0.4, 0.5) is 0 Å². The summed E-state index contributed by atoms with van der Waals surface area (Å²) in [6.45, 7) is 6.99. The first-order valence-corrected chi connectivity index (χ1v) is 19.9. The first-order valence-electron chi connectivity index (χ1n) is 19.9. The van der Waals surface area contributed by atoms with E-state index in [1.807, 2.05) is 6.07 Å². The molecule has 3 aromatic heterocycles. The van der Waals surface area contributed by atoms with Crippen LogP contribution in [0.15, 0.2) is 176 Å². The molecule has 0 aliphatic carbocycles. The molecule has 57 heavy (non-hydrogen) atoms. The number of hydrogen-bond acceptors (Lipinski definition) is 2. The maximum absolute atomic E-state index is 5.30. The van der Waals surface area contributed by atoms with Gasteiger partial charge in [-0.3, -0.25) is 0 Å². The summed E-state index contributed by atoms with van der Waals surface area (Å²) in [5.41, 5.74) is 17.3. The Balaban J connectivity index is 1.14. The first-order chi connectivity index (χ1) is 28.0. The van der Waals surface area contributed by atoms with Crippen molar-refractivity contribution < 1.29 is 0 Å². The summed E-state index contributed by atoms with van der Waals surface area (Å²) in [7, 11) is 0. The van der Waals surface area contributed by atoms with Crippen LogP contribution in [0.25, 0.3) is 89.1 Å². The lowest BCUT2D eigenvalue weighted by atomic mass is 9.74. The van der Waals surface area contributed by atoms with Crippen LogP contribution in [0.3, 0.4) is 0 Å². The Kier molecular flexibility index (Phi) is 7.45. The summed E-state index contributed by atoms with van der Waals surface area (Å²) in [5, 5.41) is 3.77. The second kappa shape index (κ2) is 12.8. The Morgan fingerprint density at radius 2 is 1.16 bits per heavy atom. The molecular formula is C53H40N4. The van der Waals surface area contributed by atoms with Crippen molar-refractivity contribution in [1.82, 2.24) is 19.1 Å². The van der Waals surface area contributed by atoms with Crippen LogP contribution in [0.2, 0.25) is 0 Å². The molecule has 0 saturated heterocycles. The van der Waals surface area contributed by atoms with Crippen molar-refractivity contribution >= 4 is 32.7 Å². The average molecular weight is 733 g/mol. The monoisotopic (exact) mass is 732 g/mol. The van der Waals surface area contributed by atoms with Crippen LogP contribution in [-0.4, -0.2) is 19.1 Å². The van der Waals surface area contributed by atoms with E-state index in [9.17, 15) is 0 Å². The third kappa shape index (κ3) is 5.07. The molecule has 0 unspecified atom stereocenters. The second-order valence-electron chi connectivity index (χ2n) is 15.7. The van der Waals surface area contributed by atoms with Gasteiger partial charge >= 0.3 is 0 Å². The van der Waals surface area contributed by atoms with Crippen LogP contribution in [0.1, 0.15) is 37.5 Å². The molecule has 272 valence electrons. The largest absolute Gasteiger partial charge is 0.316 e. The lowest BCUT2D eigenvalue weighted by Crippen LogP contribution is -2.27. The van der Waals surface area contributed by atoms with E-state index in [2.05, 4.69) is 200 Å². The minimum atomic E-state index is -0.230. The molecule has 1 aliphatic heterocycles. The molecule has 10 aromatic rings. The Bertz CT molecular complexity index is 3170. The van der Waals surface area contributed by atoms with Crippen molar-refractivity contribution in [2.24, 2.45) is 0 Å². The van der Waals surface area contributed by atoms with Gasteiger partial charge in [-0.1, -0.05) is 142 Å². The van der Waals surface area contributed by atoms with Gasteiger partial charge in [-0.15, -0.1) is 0 Å². The predicted octanol–water partition coefficient (Wildman–Crippen LogP) is 13.4. The van der Waals surface area contributed by atoms with E-state index in [1.54, 1.807) is 0 Å². The molecule has 1 aliphatic rings. The number of nitrogens with zero attached hydrogens (tertiary/aromatic N) is 4. The van der Waals surface area contributed by atoms with E-state index < -0.39 is 0 Å². The molecule has 0 atom stereocenters. The van der Waals surface area contributed by atoms with E-state index in [-0.39, 0.29) is 5.41 Å². The molecule has 4 heterocycles. The zero-order valence-corrected chi connectivity index (χ0v) is 32.2. The molecule has 0 amide bonds. The maximum Gasteiger partial charge on any atom is 0.160 e. The topological polar surface area (TPSA) is 35.6 Å². The number of benzene rings is 7. The van der Waals surface area contributed by atoms with E-state index in [0.717, 1.165) is 57.1 Å². The van der Waals surface area contributed by atoms with Gasteiger partial charge in [-0.2, -0.15) is 0 Å². The molecule has 0 radical (unpaired) electrons. The average Bonchev–Trinajstić information content (AvgIpc) is 3.84. The minimum Gasteiger partial charge on any atom is -0.316 e. The third-order valence-corrected chi connectivity index (χ3v) is 12.1. The van der Waals surface area contributed by atoms with Crippen molar-refractivity contribution in [2.75, 3.05) is 0 Å². The van der Waals surface area contributed by atoms with Gasteiger partial charge in [0.25, 0.3) is 0 Å². The highest BCUT2D eigenvalue weighted by molar-refractivity contribution is 6.17. The van der Waals surface area contributed by atoms with Gasteiger partial charge in [-0.25, -0.2) is 9.97 Å². The van der Waals surface area contributed by atoms with Gasteiger partial charge in [0, 0.05) is 67.0 Å². The molecule has 0 saturated carbocycles. The van der Waals surface area contributed by atoms with Gasteiger partial charge in [0.1, 0.15) is 0 Å². The summed E-state index contributed by atoms with van der Waals surface area (Å²) in [4.78, 5) is 10.5. The van der Waals surface area contributed by atoms with E-state index >= 15 is 0 Å². The molecule has 0 bridgehead atoms. The quantitative estimate of drug-likeness (QED) is 0.171. The smallest absolute Gasteiger partial charge is 0.160 e. The SMILES string of the molecule is CCc1c(-c2ccccc2)nc(-c2ccccc2)nc1-c1cccc(-c2ccc3c(c2)c2cc4ccn5c4c(c2n3-c2ccccc2)C(C)(C)c2ccccc2-5)c1. The Morgan fingerprint density at radius 3 is 1.91 bits per heavy atom. The number of rotatable bonds is 6. The zero-order chi connectivity index (χ0) is 38.3. The number of fused-ring (bicyclic) bond motifs is 6. The summed E-state index contributed by atoms with van der Waals surface area (Å²) in [6, 6.07) is 61.2. The van der Waals surface area contributed by atoms with Crippen LogP contribution in [0.5, 0.6) is 0 Å². The first kappa shape index (κ1) is 33.3. The number of hydrogen-bond donors (Lipinski definition) is 0. The fourth-order valence-corrected chi connectivity index (χ4v) is 9.42. The van der Waals surface area contributed by atoms with Crippen molar-refractivity contribution in [3.63, 3.8) is 0 Å². The molecule has 0 spiro atoms. The number of para-hydroxylation sites is 2. The van der Waals surface area contributed by atoms with Gasteiger partial charge in [0.15, 0.2) is 5.82 Å². The molecule has 7 aromatic carbocycles. The fourth-order valence-electron chi connectivity index (χ4n) is 9.42. The van der Waals surface area contributed by atoms with Crippen LogP contribution >= 0.6 is 0 Å². The van der Waals surface area contributed by atoms with Crippen molar-refractivity contribution in [1.29, 1.82) is 0 Å². The normalized spacial score (nSPS) is 13.0. The van der Waals surface area contributed by atoms with E-state index in [0.29, 0.717) is 0 Å². The molecule has 0 N–H and O–H groups in total. The lowest BCUT2D eigenvalue weighted by Gasteiger charge is -2.35. The minimum absolute atomic E-state index is 0.230. The summed E-state index contributed by atoms with van der Waals surface area (Å²) < 4.78 is 4.90. The molecule has 0 fully saturated rings. The molecule has 4 nitrogen and oxygen atoms in total.